The van der Waals surface area contributed by atoms with E-state index in [9.17, 15) is 0 Å². The van der Waals surface area contributed by atoms with Crippen LogP contribution in [0.15, 0.2) is 54.6 Å². The van der Waals surface area contributed by atoms with Gasteiger partial charge in [0.2, 0.25) is 5.95 Å². The topological polar surface area (TPSA) is 62.7 Å². The molecular weight excluding hydrogens is 366 g/mol. The summed E-state index contributed by atoms with van der Waals surface area (Å²) in [5.74, 6) is 1.38. The molecule has 4 aromatic rings. The van der Waals surface area contributed by atoms with Crippen molar-refractivity contribution in [1.29, 1.82) is 0 Å². The lowest BCUT2D eigenvalue weighted by Gasteiger charge is -2.14. The van der Waals surface area contributed by atoms with Crippen LogP contribution in [0.1, 0.15) is 25.3 Å². The lowest BCUT2D eigenvalue weighted by Crippen LogP contribution is -2.16. The van der Waals surface area contributed by atoms with E-state index in [1.807, 2.05) is 31.2 Å². The zero-order valence-electron chi connectivity index (χ0n) is 16.2. The van der Waals surface area contributed by atoms with Crippen LogP contribution in [0.25, 0.3) is 21.5 Å². The van der Waals surface area contributed by atoms with Crippen LogP contribution in [-0.2, 0) is 0 Å². The Morgan fingerprint density at radius 3 is 2.61 bits per heavy atom. The van der Waals surface area contributed by atoms with Crippen molar-refractivity contribution >= 4 is 39.0 Å². The summed E-state index contributed by atoms with van der Waals surface area (Å²) in [6, 6.07) is 18.7. The standard InChI is InChI=1S/C22H23N5S/c1-4-14(2)23-22-26-18(16-8-6-5-7-9-16)13-21(27-22)25-17-10-11-20-19(12-17)24-15(3)28-20/h5-14H,4H2,1-3H3,(H2,23,25,26,27)/t14-/m1/s1. The van der Waals surface area contributed by atoms with E-state index in [4.69, 9.17) is 4.98 Å². The Labute approximate surface area is 168 Å². The van der Waals surface area contributed by atoms with E-state index in [0.717, 1.165) is 39.7 Å². The summed E-state index contributed by atoms with van der Waals surface area (Å²) in [5, 5.41) is 7.88. The number of hydrogen-bond donors (Lipinski definition) is 2. The first kappa shape index (κ1) is 18.4. The molecule has 2 aromatic carbocycles. The average Bonchev–Trinajstić information content (AvgIpc) is 3.07. The van der Waals surface area contributed by atoms with E-state index in [2.05, 4.69) is 64.8 Å². The number of aromatic nitrogens is 3. The maximum absolute atomic E-state index is 4.71. The summed E-state index contributed by atoms with van der Waals surface area (Å²) < 4.78 is 1.19. The maximum atomic E-state index is 4.71. The van der Waals surface area contributed by atoms with Crippen molar-refractivity contribution in [2.45, 2.75) is 33.2 Å². The highest BCUT2D eigenvalue weighted by Crippen LogP contribution is 2.28. The third kappa shape index (κ3) is 4.12. The number of thiazole rings is 1. The van der Waals surface area contributed by atoms with Crippen LogP contribution in [0.4, 0.5) is 17.5 Å². The van der Waals surface area contributed by atoms with Crippen molar-refractivity contribution < 1.29 is 0 Å². The molecule has 0 spiro atoms. The molecule has 2 heterocycles. The van der Waals surface area contributed by atoms with Crippen LogP contribution < -0.4 is 10.6 Å². The fraction of sp³-hybridized carbons (Fsp3) is 0.227. The van der Waals surface area contributed by atoms with Gasteiger partial charge in [0.25, 0.3) is 0 Å². The molecule has 1 atom stereocenters. The molecule has 2 N–H and O–H groups in total. The predicted octanol–water partition coefficient (Wildman–Crippen LogP) is 6.02. The molecule has 2 aromatic heterocycles. The van der Waals surface area contributed by atoms with Crippen molar-refractivity contribution in [3.63, 3.8) is 0 Å². The van der Waals surface area contributed by atoms with Gasteiger partial charge < -0.3 is 10.6 Å². The quantitative estimate of drug-likeness (QED) is 0.422. The molecule has 0 radical (unpaired) electrons. The van der Waals surface area contributed by atoms with Crippen molar-refractivity contribution in [3.8, 4) is 11.3 Å². The number of nitrogens with zero attached hydrogens (tertiary/aromatic N) is 3. The fourth-order valence-electron chi connectivity index (χ4n) is 2.92. The zero-order valence-corrected chi connectivity index (χ0v) is 17.0. The van der Waals surface area contributed by atoms with Crippen LogP contribution in [0.2, 0.25) is 0 Å². The number of aryl methyl sites for hydroxylation is 1. The normalized spacial score (nSPS) is 12.1. The SMILES string of the molecule is CC[C@@H](C)Nc1nc(Nc2ccc3sc(C)nc3c2)cc(-c2ccccc2)n1. The minimum atomic E-state index is 0.299. The Balaban J connectivity index is 1.70. The van der Waals surface area contributed by atoms with Gasteiger partial charge in [-0.3, -0.25) is 0 Å². The van der Waals surface area contributed by atoms with Gasteiger partial charge in [-0.1, -0.05) is 37.3 Å². The first-order valence-electron chi connectivity index (χ1n) is 9.46. The molecule has 4 rings (SSSR count). The lowest BCUT2D eigenvalue weighted by atomic mass is 10.1. The summed E-state index contributed by atoms with van der Waals surface area (Å²) >= 11 is 1.70. The predicted molar refractivity (Wildman–Crippen MR) is 118 cm³/mol. The van der Waals surface area contributed by atoms with Crippen LogP contribution in [0, 0.1) is 6.92 Å². The van der Waals surface area contributed by atoms with Gasteiger partial charge in [-0.05, 0) is 38.5 Å². The van der Waals surface area contributed by atoms with Gasteiger partial charge in [0, 0.05) is 23.4 Å². The molecule has 0 amide bonds. The largest absolute Gasteiger partial charge is 0.352 e. The Morgan fingerprint density at radius 1 is 1.00 bits per heavy atom. The number of hydrogen-bond acceptors (Lipinski definition) is 6. The molecule has 0 bridgehead atoms. The van der Waals surface area contributed by atoms with Gasteiger partial charge >= 0.3 is 0 Å². The zero-order chi connectivity index (χ0) is 19.5. The van der Waals surface area contributed by atoms with Crippen LogP contribution in [0.5, 0.6) is 0 Å². The van der Waals surface area contributed by atoms with Gasteiger partial charge in [0.1, 0.15) is 5.82 Å². The second-order valence-electron chi connectivity index (χ2n) is 6.82. The Morgan fingerprint density at radius 2 is 1.82 bits per heavy atom. The summed E-state index contributed by atoms with van der Waals surface area (Å²) in [7, 11) is 0. The van der Waals surface area contributed by atoms with Crippen molar-refractivity contribution in [3.05, 3.63) is 59.6 Å². The van der Waals surface area contributed by atoms with E-state index >= 15 is 0 Å². The number of nitrogens with one attached hydrogen (secondary N) is 2. The third-order valence-corrected chi connectivity index (χ3v) is 5.50. The van der Waals surface area contributed by atoms with E-state index in [1.54, 1.807) is 11.3 Å². The Bertz CT molecular complexity index is 1090. The lowest BCUT2D eigenvalue weighted by molar-refractivity contribution is 0.753. The van der Waals surface area contributed by atoms with Crippen LogP contribution in [0.3, 0.4) is 0 Å². The number of fused-ring (bicyclic) bond motifs is 1. The Hall–Kier alpha value is -2.99. The van der Waals surface area contributed by atoms with Gasteiger partial charge in [0.15, 0.2) is 0 Å². The molecular formula is C22H23N5S. The molecule has 0 saturated heterocycles. The third-order valence-electron chi connectivity index (χ3n) is 4.55. The van der Waals surface area contributed by atoms with Gasteiger partial charge in [-0.25, -0.2) is 9.97 Å². The van der Waals surface area contributed by atoms with Crippen LogP contribution >= 0.6 is 11.3 Å². The van der Waals surface area contributed by atoms with E-state index in [0.29, 0.717) is 12.0 Å². The van der Waals surface area contributed by atoms with Crippen molar-refractivity contribution in [1.82, 2.24) is 15.0 Å². The van der Waals surface area contributed by atoms with Gasteiger partial charge in [-0.15, -0.1) is 11.3 Å². The molecule has 0 aliphatic heterocycles. The van der Waals surface area contributed by atoms with E-state index < -0.39 is 0 Å². The molecule has 0 aliphatic carbocycles. The highest BCUT2D eigenvalue weighted by Gasteiger charge is 2.10. The molecule has 0 aliphatic rings. The molecule has 0 fully saturated rings. The minimum Gasteiger partial charge on any atom is -0.352 e. The monoisotopic (exact) mass is 389 g/mol. The summed E-state index contributed by atoms with van der Waals surface area (Å²) in [6.07, 6.45) is 1.00. The number of benzene rings is 2. The summed E-state index contributed by atoms with van der Waals surface area (Å²) in [4.78, 5) is 14.0. The second kappa shape index (κ2) is 7.94. The molecule has 28 heavy (non-hydrogen) atoms. The van der Waals surface area contributed by atoms with Crippen LogP contribution in [-0.4, -0.2) is 21.0 Å². The number of rotatable bonds is 6. The van der Waals surface area contributed by atoms with Gasteiger partial charge in [-0.2, -0.15) is 4.98 Å². The highest BCUT2D eigenvalue weighted by molar-refractivity contribution is 7.18. The minimum absolute atomic E-state index is 0.299. The first-order valence-corrected chi connectivity index (χ1v) is 10.3. The van der Waals surface area contributed by atoms with Gasteiger partial charge in [0.05, 0.1) is 20.9 Å². The Kier molecular flexibility index (Phi) is 5.21. The smallest absolute Gasteiger partial charge is 0.225 e. The molecule has 0 saturated carbocycles. The van der Waals surface area contributed by atoms with Crippen molar-refractivity contribution in [2.75, 3.05) is 10.6 Å². The fourth-order valence-corrected chi connectivity index (χ4v) is 3.73. The first-order chi connectivity index (χ1) is 13.6. The highest BCUT2D eigenvalue weighted by atomic mass is 32.1. The molecule has 6 heteroatoms. The summed E-state index contributed by atoms with van der Waals surface area (Å²) in [5.41, 5.74) is 3.91. The second-order valence-corrected chi connectivity index (χ2v) is 8.06. The number of anilines is 3. The summed E-state index contributed by atoms with van der Waals surface area (Å²) in [6.45, 7) is 6.30. The van der Waals surface area contributed by atoms with E-state index in [1.165, 1.54) is 4.70 Å². The average molecular weight is 390 g/mol. The molecule has 5 nitrogen and oxygen atoms in total. The molecule has 0 unspecified atom stereocenters. The van der Waals surface area contributed by atoms with E-state index in [-0.39, 0.29) is 0 Å². The van der Waals surface area contributed by atoms with Crippen molar-refractivity contribution in [2.24, 2.45) is 0 Å². The molecule has 142 valence electrons. The maximum Gasteiger partial charge on any atom is 0.225 e.